The van der Waals surface area contributed by atoms with Gasteiger partial charge in [-0.2, -0.15) is 5.10 Å². The van der Waals surface area contributed by atoms with Gasteiger partial charge in [0, 0.05) is 19.0 Å². The third-order valence-corrected chi connectivity index (χ3v) is 4.50. The van der Waals surface area contributed by atoms with E-state index >= 15 is 0 Å². The second-order valence-corrected chi connectivity index (χ2v) is 5.82. The van der Waals surface area contributed by atoms with Crippen molar-refractivity contribution in [3.05, 3.63) is 41.9 Å². The molecule has 0 unspecified atom stereocenters. The van der Waals surface area contributed by atoms with Gasteiger partial charge in [0.1, 0.15) is 11.6 Å². The van der Waals surface area contributed by atoms with Gasteiger partial charge in [0.2, 0.25) is 0 Å². The van der Waals surface area contributed by atoms with Crippen LogP contribution in [-0.2, 0) is 12.8 Å². The van der Waals surface area contributed by atoms with Gasteiger partial charge in [0.05, 0.1) is 17.3 Å². The number of aryl methyl sites for hydroxylation is 2. The van der Waals surface area contributed by atoms with Gasteiger partial charge in [-0.25, -0.2) is 9.97 Å². The highest BCUT2D eigenvalue weighted by atomic mass is 32.2. The summed E-state index contributed by atoms with van der Waals surface area (Å²) in [5, 5.41) is 8.31. The lowest BCUT2D eigenvalue weighted by atomic mass is 10.2. The van der Waals surface area contributed by atoms with Gasteiger partial charge >= 0.3 is 0 Å². The molecule has 6 heteroatoms. The molecule has 0 spiro atoms. The lowest BCUT2D eigenvalue weighted by Crippen LogP contribution is -2.02. The molecule has 0 radical (unpaired) electrons. The van der Waals surface area contributed by atoms with E-state index in [4.69, 9.17) is 0 Å². The Hall–Kier alpha value is -2.08. The zero-order valence-corrected chi connectivity index (χ0v) is 13.1. The average molecular weight is 299 g/mol. The number of rotatable bonds is 4. The lowest BCUT2D eigenvalue weighted by molar-refractivity contribution is 0.782. The van der Waals surface area contributed by atoms with E-state index in [9.17, 15) is 0 Å². The first kappa shape index (κ1) is 13.9. The second kappa shape index (κ2) is 5.73. The molecule has 3 rings (SSSR count). The summed E-state index contributed by atoms with van der Waals surface area (Å²) in [6.45, 7) is 2.12. The first-order valence-electron chi connectivity index (χ1n) is 6.74. The minimum atomic E-state index is 0.737. The topological polar surface area (TPSA) is 55.6 Å². The molecule has 0 saturated carbocycles. The fourth-order valence-electron chi connectivity index (χ4n) is 2.18. The van der Waals surface area contributed by atoms with Crippen molar-refractivity contribution < 1.29 is 0 Å². The Morgan fingerprint density at radius 1 is 1.24 bits per heavy atom. The fourth-order valence-corrected chi connectivity index (χ4v) is 3.07. The first-order valence-corrected chi connectivity index (χ1v) is 7.72. The molecule has 0 aliphatic rings. The van der Waals surface area contributed by atoms with Crippen LogP contribution in [0.3, 0.4) is 0 Å². The molecule has 0 saturated heterocycles. The predicted octanol–water partition coefficient (Wildman–Crippen LogP) is 3.01. The molecule has 0 aliphatic heterocycles. The zero-order chi connectivity index (χ0) is 14.8. The van der Waals surface area contributed by atoms with Crippen molar-refractivity contribution in [2.45, 2.75) is 17.6 Å². The van der Waals surface area contributed by atoms with E-state index in [0.29, 0.717) is 0 Å². The van der Waals surface area contributed by atoms with Crippen LogP contribution in [0, 0.1) is 6.92 Å². The van der Waals surface area contributed by atoms with Crippen molar-refractivity contribution in [2.75, 3.05) is 12.4 Å². The van der Waals surface area contributed by atoms with Crippen LogP contribution in [0.2, 0.25) is 0 Å². The van der Waals surface area contributed by atoms with E-state index in [1.807, 2.05) is 14.1 Å². The summed E-state index contributed by atoms with van der Waals surface area (Å²) in [6, 6.07) is 8.35. The number of nitrogens with zero attached hydrogens (tertiary/aromatic N) is 4. The van der Waals surface area contributed by atoms with E-state index in [2.05, 4.69) is 51.6 Å². The van der Waals surface area contributed by atoms with Gasteiger partial charge in [-0.15, -0.1) is 11.8 Å². The molecule has 108 valence electrons. The van der Waals surface area contributed by atoms with Crippen molar-refractivity contribution in [1.29, 1.82) is 0 Å². The molecule has 5 nitrogen and oxygen atoms in total. The maximum atomic E-state index is 4.62. The number of benzene rings is 1. The van der Waals surface area contributed by atoms with E-state index < -0.39 is 0 Å². The molecule has 0 aliphatic carbocycles. The lowest BCUT2D eigenvalue weighted by Gasteiger charge is -2.07. The Morgan fingerprint density at radius 2 is 2.05 bits per heavy atom. The van der Waals surface area contributed by atoms with Gasteiger partial charge < -0.3 is 5.32 Å². The SMILES string of the molecule is CNc1nc(CSc2ccccc2C)nc2c1cnn2C. The molecule has 3 aromatic rings. The minimum absolute atomic E-state index is 0.737. The van der Waals surface area contributed by atoms with E-state index in [1.54, 1.807) is 22.6 Å². The first-order chi connectivity index (χ1) is 10.2. The number of thioether (sulfide) groups is 1. The van der Waals surface area contributed by atoms with Crippen LogP contribution in [-0.4, -0.2) is 26.8 Å². The highest BCUT2D eigenvalue weighted by Gasteiger charge is 2.11. The Labute approximate surface area is 127 Å². The van der Waals surface area contributed by atoms with Crippen molar-refractivity contribution >= 4 is 28.6 Å². The summed E-state index contributed by atoms with van der Waals surface area (Å²) in [7, 11) is 3.76. The quantitative estimate of drug-likeness (QED) is 0.751. The Bertz CT molecular complexity index is 781. The number of hydrogen-bond donors (Lipinski definition) is 1. The second-order valence-electron chi connectivity index (χ2n) is 4.80. The molecule has 2 heterocycles. The van der Waals surface area contributed by atoms with Crippen molar-refractivity contribution in [3.8, 4) is 0 Å². The van der Waals surface area contributed by atoms with Crippen LogP contribution in [0.5, 0.6) is 0 Å². The molecular weight excluding hydrogens is 282 g/mol. The zero-order valence-electron chi connectivity index (χ0n) is 12.3. The molecule has 2 aromatic heterocycles. The van der Waals surface area contributed by atoms with E-state index in [1.165, 1.54) is 10.5 Å². The Morgan fingerprint density at radius 3 is 2.81 bits per heavy atom. The van der Waals surface area contributed by atoms with Crippen LogP contribution in [0.15, 0.2) is 35.4 Å². The predicted molar refractivity (Wildman–Crippen MR) is 86.6 cm³/mol. The van der Waals surface area contributed by atoms with Crippen LogP contribution in [0.4, 0.5) is 5.82 Å². The molecule has 0 amide bonds. The van der Waals surface area contributed by atoms with Crippen LogP contribution in [0.25, 0.3) is 11.0 Å². The van der Waals surface area contributed by atoms with Gasteiger partial charge in [0.25, 0.3) is 0 Å². The normalized spacial score (nSPS) is 11.0. The van der Waals surface area contributed by atoms with Crippen LogP contribution < -0.4 is 5.32 Å². The van der Waals surface area contributed by atoms with Crippen molar-refractivity contribution in [3.63, 3.8) is 0 Å². The largest absolute Gasteiger partial charge is 0.372 e. The van der Waals surface area contributed by atoms with Crippen molar-refractivity contribution in [1.82, 2.24) is 19.7 Å². The van der Waals surface area contributed by atoms with Crippen LogP contribution >= 0.6 is 11.8 Å². The number of fused-ring (bicyclic) bond motifs is 1. The standard InChI is InChI=1S/C15H17N5S/c1-10-6-4-5-7-12(10)21-9-13-18-14(16-2)11-8-17-20(3)15(11)19-13/h4-8H,9H2,1-3H3,(H,16,18,19). The summed E-state index contributed by atoms with van der Waals surface area (Å²) in [5.74, 6) is 2.37. The molecular formula is C15H17N5S. The Kier molecular flexibility index (Phi) is 3.79. The molecule has 21 heavy (non-hydrogen) atoms. The molecule has 1 N–H and O–H groups in total. The number of hydrogen-bond acceptors (Lipinski definition) is 5. The maximum Gasteiger partial charge on any atom is 0.163 e. The minimum Gasteiger partial charge on any atom is -0.372 e. The smallest absolute Gasteiger partial charge is 0.163 e. The summed E-state index contributed by atoms with van der Waals surface area (Å²) in [4.78, 5) is 10.5. The molecule has 0 atom stereocenters. The fraction of sp³-hybridized carbons (Fsp3) is 0.267. The summed E-state index contributed by atoms with van der Waals surface area (Å²) in [5.41, 5.74) is 2.13. The van der Waals surface area contributed by atoms with Gasteiger partial charge in [0.15, 0.2) is 5.65 Å². The molecule has 1 aromatic carbocycles. The Balaban J connectivity index is 1.90. The monoisotopic (exact) mass is 299 g/mol. The van der Waals surface area contributed by atoms with Gasteiger partial charge in [-0.3, -0.25) is 4.68 Å². The summed E-state index contributed by atoms with van der Waals surface area (Å²) < 4.78 is 1.78. The molecule has 0 fully saturated rings. The van der Waals surface area contributed by atoms with E-state index in [0.717, 1.165) is 28.4 Å². The van der Waals surface area contributed by atoms with E-state index in [-0.39, 0.29) is 0 Å². The number of aromatic nitrogens is 4. The van der Waals surface area contributed by atoms with Gasteiger partial charge in [-0.1, -0.05) is 18.2 Å². The number of anilines is 1. The third kappa shape index (κ3) is 2.71. The average Bonchev–Trinajstić information content (AvgIpc) is 2.87. The summed E-state index contributed by atoms with van der Waals surface area (Å²) in [6.07, 6.45) is 1.79. The highest BCUT2D eigenvalue weighted by Crippen LogP contribution is 2.26. The summed E-state index contributed by atoms with van der Waals surface area (Å²) >= 11 is 1.75. The highest BCUT2D eigenvalue weighted by molar-refractivity contribution is 7.98. The maximum absolute atomic E-state index is 4.62. The van der Waals surface area contributed by atoms with Gasteiger partial charge in [-0.05, 0) is 18.6 Å². The molecule has 0 bridgehead atoms. The number of nitrogens with one attached hydrogen (secondary N) is 1. The third-order valence-electron chi connectivity index (χ3n) is 3.33. The van der Waals surface area contributed by atoms with Crippen molar-refractivity contribution in [2.24, 2.45) is 7.05 Å². The van der Waals surface area contributed by atoms with Crippen LogP contribution in [0.1, 0.15) is 11.4 Å².